The van der Waals surface area contributed by atoms with Gasteiger partial charge in [-0.1, -0.05) is 0 Å². The first-order valence-corrected chi connectivity index (χ1v) is 4.90. The van der Waals surface area contributed by atoms with Gasteiger partial charge in [0, 0.05) is 0 Å². The first kappa shape index (κ1) is 17.4. The molecule has 0 unspecified atom stereocenters. The zero-order chi connectivity index (χ0) is 18.0. The van der Waals surface area contributed by atoms with Gasteiger partial charge in [-0.25, -0.2) is 8.78 Å². The molecule has 0 amide bonds. The van der Waals surface area contributed by atoms with Crippen molar-refractivity contribution in [1.29, 1.82) is 0 Å². The molecule has 0 saturated heterocycles. The van der Waals surface area contributed by atoms with E-state index in [9.17, 15) is 61.5 Å². The van der Waals surface area contributed by atoms with E-state index in [0.29, 0.717) is 0 Å². The molecule has 14 heteroatoms. The zero-order valence-electron chi connectivity index (χ0n) is 9.29. The fourth-order valence-electron chi connectivity index (χ4n) is 2.52. The second-order valence-corrected chi connectivity index (χ2v) is 4.76. The van der Waals surface area contributed by atoms with Crippen LogP contribution in [0, 0.1) is 0 Å². The molecular weight excluding hydrogens is 362 g/mol. The molecule has 0 aromatic heterocycles. The molecule has 0 atom stereocenters. The maximum absolute atomic E-state index is 13.6. The summed E-state index contributed by atoms with van der Waals surface area (Å²) in [6.45, 7) is 0. The Morgan fingerprint density at radius 2 is 0.364 bits per heavy atom. The smallest absolute Gasteiger partial charge is 0.226 e. The highest BCUT2D eigenvalue weighted by Gasteiger charge is 3.17. The van der Waals surface area contributed by atoms with E-state index < -0.39 is 46.9 Å². The van der Waals surface area contributed by atoms with E-state index in [-0.39, 0.29) is 0 Å². The number of fused-ring (bicyclic) bond motifs is 1. The lowest BCUT2D eigenvalue weighted by atomic mass is 9.87. The van der Waals surface area contributed by atoms with E-state index in [4.69, 9.17) is 0 Å². The highest BCUT2D eigenvalue weighted by atomic mass is 19.4. The molecule has 0 aliphatic heterocycles. The lowest BCUT2D eigenvalue weighted by molar-refractivity contribution is -0.363. The lowest BCUT2D eigenvalue weighted by Crippen LogP contribution is -2.65. The number of rotatable bonds is 0. The van der Waals surface area contributed by atoms with E-state index in [1.54, 1.807) is 0 Å². The van der Waals surface area contributed by atoms with Crippen molar-refractivity contribution in [3.63, 3.8) is 0 Å². The molecule has 0 bridgehead atoms. The van der Waals surface area contributed by atoms with Gasteiger partial charge < -0.3 is 0 Å². The fourth-order valence-corrected chi connectivity index (χ4v) is 2.52. The Labute approximate surface area is 110 Å². The quantitative estimate of drug-likeness (QED) is 0.566. The topological polar surface area (TPSA) is 0 Å². The van der Waals surface area contributed by atoms with E-state index in [1.807, 2.05) is 0 Å². The number of hydrogen-bond donors (Lipinski definition) is 0. The van der Waals surface area contributed by atoms with Crippen LogP contribution < -0.4 is 0 Å². The summed E-state index contributed by atoms with van der Waals surface area (Å²) in [6.07, 6.45) is 0. The SMILES string of the molecule is FC1(F)C(F)(F)C2(F)C(F)(F)C(F)(F)C(F)(F)C2(F)C1(F)F. The zero-order valence-corrected chi connectivity index (χ0v) is 9.29. The summed E-state index contributed by atoms with van der Waals surface area (Å²) < 4.78 is 182. The summed E-state index contributed by atoms with van der Waals surface area (Å²) in [5.41, 5.74) is -15.1. The predicted octanol–water partition coefficient (Wildman–Crippen LogP) is 4.24. The molecule has 2 saturated carbocycles. The molecule has 130 valence electrons. The van der Waals surface area contributed by atoms with E-state index in [0.717, 1.165) is 0 Å². The van der Waals surface area contributed by atoms with Gasteiger partial charge in [-0.15, -0.1) is 0 Å². The lowest BCUT2D eigenvalue weighted by Gasteiger charge is -2.33. The normalized spacial score (nSPS) is 45.5. The maximum Gasteiger partial charge on any atom is 0.379 e. The largest absolute Gasteiger partial charge is 0.379 e. The molecule has 0 spiro atoms. The first-order chi connectivity index (χ1) is 9.25. The van der Waals surface area contributed by atoms with Crippen molar-refractivity contribution in [2.45, 2.75) is 46.9 Å². The van der Waals surface area contributed by atoms with Gasteiger partial charge in [0.05, 0.1) is 0 Å². The first-order valence-electron chi connectivity index (χ1n) is 4.90. The van der Waals surface area contributed by atoms with Crippen molar-refractivity contribution in [2.75, 3.05) is 0 Å². The number of halogens is 14. The summed E-state index contributed by atoms with van der Waals surface area (Å²) in [6, 6.07) is 0. The van der Waals surface area contributed by atoms with Crippen molar-refractivity contribution in [3.8, 4) is 0 Å². The molecule has 22 heavy (non-hydrogen) atoms. The van der Waals surface area contributed by atoms with Gasteiger partial charge in [-0.2, -0.15) is 52.7 Å². The minimum absolute atomic E-state index is 7.42. The third-order valence-corrected chi connectivity index (χ3v) is 3.78. The second kappa shape index (κ2) is 3.28. The van der Waals surface area contributed by atoms with Gasteiger partial charge in [-0.3, -0.25) is 0 Å². The summed E-state index contributed by atoms with van der Waals surface area (Å²) in [5.74, 6) is -45.1. The van der Waals surface area contributed by atoms with Gasteiger partial charge in [0.2, 0.25) is 0 Å². The monoisotopic (exact) mass is 362 g/mol. The van der Waals surface area contributed by atoms with Crippen LogP contribution in [-0.4, -0.2) is 46.9 Å². The summed E-state index contributed by atoms with van der Waals surface area (Å²) >= 11 is 0. The van der Waals surface area contributed by atoms with Crippen molar-refractivity contribution in [1.82, 2.24) is 0 Å². The van der Waals surface area contributed by atoms with Crippen molar-refractivity contribution in [2.24, 2.45) is 0 Å². The van der Waals surface area contributed by atoms with Crippen molar-refractivity contribution < 1.29 is 61.5 Å². The van der Waals surface area contributed by atoms with Gasteiger partial charge in [0.15, 0.2) is 0 Å². The van der Waals surface area contributed by atoms with E-state index in [1.165, 1.54) is 0 Å². The van der Waals surface area contributed by atoms with Crippen LogP contribution in [0.4, 0.5) is 61.5 Å². The average molecular weight is 362 g/mol. The molecule has 0 N–H and O–H groups in total. The van der Waals surface area contributed by atoms with Crippen LogP contribution in [0.3, 0.4) is 0 Å². The Balaban J connectivity index is 3.06. The maximum atomic E-state index is 13.6. The Kier molecular flexibility index (Phi) is 2.59. The summed E-state index contributed by atoms with van der Waals surface area (Å²) in [4.78, 5) is 0. The highest BCUT2D eigenvalue weighted by Crippen LogP contribution is 2.82. The van der Waals surface area contributed by atoms with Crippen LogP contribution in [-0.2, 0) is 0 Å². The molecule has 0 aromatic carbocycles. The Morgan fingerprint density at radius 1 is 0.227 bits per heavy atom. The van der Waals surface area contributed by atoms with Gasteiger partial charge in [0.1, 0.15) is 0 Å². The van der Waals surface area contributed by atoms with Crippen LogP contribution in [0.1, 0.15) is 0 Å². The van der Waals surface area contributed by atoms with Crippen LogP contribution in [0.2, 0.25) is 0 Å². The van der Waals surface area contributed by atoms with Crippen LogP contribution in [0.15, 0.2) is 0 Å². The molecule has 0 nitrogen and oxygen atoms in total. The van der Waals surface area contributed by atoms with Gasteiger partial charge in [-0.05, 0) is 0 Å². The van der Waals surface area contributed by atoms with Gasteiger partial charge >= 0.3 is 35.5 Å². The molecule has 2 aliphatic carbocycles. The van der Waals surface area contributed by atoms with E-state index in [2.05, 4.69) is 0 Å². The second-order valence-electron chi connectivity index (χ2n) is 4.76. The number of hydrogen-bond acceptors (Lipinski definition) is 0. The summed E-state index contributed by atoms with van der Waals surface area (Å²) in [5, 5.41) is 0. The predicted molar refractivity (Wildman–Crippen MR) is 37.4 cm³/mol. The minimum atomic E-state index is -7.56. The molecule has 2 fully saturated rings. The Hall–Kier alpha value is -0.980. The van der Waals surface area contributed by atoms with Crippen molar-refractivity contribution in [3.05, 3.63) is 0 Å². The van der Waals surface area contributed by atoms with Crippen LogP contribution in [0.25, 0.3) is 0 Å². The highest BCUT2D eigenvalue weighted by molar-refractivity contribution is 5.45. The summed E-state index contributed by atoms with van der Waals surface area (Å²) in [7, 11) is 0. The molecule has 2 aliphatic rings. The molecule has 2 rings (SSSR count). The molecule has 0 heterocycles. The van der Waals surface area contributed by atoms with Crippen LogP contribution in [0.5, 0.6) is 0 Å². The Morgan fingerprint density at radius 3 is 0.500 bits per heavy atom. The third kappa shape index (κ3) is 0.965. The molecule has 0 radical (unpaired) electrons. The minimum Gasteiger partial charge on any atom is -0.226 e. The Bertz CT molecular complexity index is 445. The van der Waals surface area contributed by atoms with Crippen molar-refractivity contribution >= 4 is 0 Å². The number of alkyl halides is 14. The van der Waals surface area contributed by atoms with E-state index >= 15 is 0 Å². The third-order valence-electron chi connectivity index (χ3n) is 3.78. The van der Waals surface area contributed by atoms with Crippen LogP contribution >= 0.6 is 0 Å². The molecule has 0 aromatic rings. The van der Waals surface area contributed by atoms with Gasteiger partial charge in [0.25, 0.3) is 11.3 Å². The fraction of sp³-hybridized carbons (Fsp3) is 1.00. The molecular formula is C8F14. The average Bonchev–Trinajstić information content (AvgIpc) is 2.43. The standard InChI is InChI=1S/C8F14/c9-1-2(10,5(15,16)7(19,20)3(1,11)12)6(17,18)8(21,22)4(1,13)14.